The molecule has 1 aromatic carbocycles. The standard InChI is InChI=1S/C13H14FN7/c1-8-6-9-11(10(14)7-8)16-13(20-4-2-15-3-5-20)21-12(9)17-18-19-21/h6-7,15H,2-5H2,1H3. The Morgan fingerprint density at radius 1 is 1.24 bits per heavy atom. The van der Waals surface area contributed by atoms with Gasteiger partial charge in [-0.05, 0) is 35.0 Å². The lowest BCUT2D eigenvalue weighted by Crippen LogP contribution is -2.44. The van der Waals surface area contributed by atoms with Gasteiger partial charge in [0.25, 0.3) is 0 Å². The van der Waals surface area contributed by atoms with E-state index in [1.54, 1.807) is 4.52 Å². The van der Waals surface area contributed by atoms with E-state index in [-0.39, 0.29) is 5.82 Å². The summed E-state index contributed by atoms with van der Waals surface area (Å²) < 4.78 is 15.8. The molecular weight excluding hydrogens is 273 g/mol. The van der Waals surface area contributed by atoms with Crippen LogP contribution in [0.1, 0.15) is 5.56 Å². The number of hydrogen-bond donors (Lipinski definition) is 1. The molecule has 3 heterocycles. The number of tetrazole rings is 1. The molecule has 0 spiro atoms. The summed E-state index contributed by atoms with van der Waals surface area (Å²) in [6, 6.07) is 3.34. The number of anilines is 1. The van der Waals surface area contributed by atoms with Crippen LogP contribution in [0, 0.1) is 12.7 Å². The molecule has 108 valence electrons. The van der Waals surface area contributed by atoms with Crippen molar-refractivity contribution in [3.63, 3.8) is 0 Å². The highest BCUT2D eigenvalue weighted by atomic mass is 19.1. The number of hydrogen-bond acceptors (Lipinski definition) is 6. The van der Waals surface area contributed by atoms with Crippen LogP contribution in [0.4, 0.5) is 10.3 Å². The highest BCUT2D eigenvalue weighted by Crippen LogP contribution is 2.25. The Kier molecular flexibility index (Phi) is 2.71. The molecule has 4 rings (SSSR count). The van der Waals surface area contributed by atoms with Gasteiger partial charge in [0.15, 0.2) is 5.65 Å². The van der Waals surface area contributed by atoms with Crippen molar-refractivity contribution in [2.24, 2.45) is 0 Å². The Morgan fingerprint density at radius 3 is 2.86 bits per heavy atom. The van der Waals surface area contributed by atoms with Gasteiger partial charge in [0, 0.05) is 26.2 Å². The Bertz CT molecular complexity index is 822. The van der Waals surface area contributed by atoms with Crippen LogP contribution in [0.15, 0.2) is 12.1 Å². The smallest absolute Gasteiger partial charge is 0.230 e. The highest BCUT2D eigenvalue weighted by molar-refractivity contribution is 5.93. The molecule has 7 nitrogen and oxygen atoms in total. The highest BCUT2D eigenvalue weighted by Gasteiger charge is 2.20. The van der Waals surface area contributed by atoms with Crippen LogP contribution in [-0.2, 0) is 0 Å². The first-order valence-electron chi connectivity index (χ1n) is 6.87. The van der Waals surface area contributed by atoms with Gasteiger partial charge in [0.05, 0.1) is 5.39 Å². The number of halogens is 1. The first-order valence-corrected chi connectivity index (χ1v) is 6.87. The summed E-state index contributed by atoms with van der Waals surface area (Å²) in [5.74, 6) is 0.249. The van der Waals surface area contributed by atoms with Crippen molar-refractivity contribution in [1.29, 1.82) is 0 Å². The van der Waals surface area contributed by atoms with Crippen LogP contribution in [0.25, 0.3) is 16.6 Å². The van der Waals surface area contributed by atoms with E-state index in [9.17, 15) is 4.39 Å². The van der Waals surface area contributed by atoms with Crippen molar-refractivity contribution < 1.29 is 4.39 Å². The van der Waals surface area contributed by atoms with Gasteiger partial charge in [-0.1, -0.05) is 0 Å². The molecule has 8 heteroatoms. The van der Waals surface area contributed by atoms with Crippen molar-refractivity contribution in [2.75, 3.05) is 31.1 Å². The summed E-state index contributed by atoms with van der Waals surface area (Å²) in [7, 11) is 0. The number of aryl methyl sites for hydroxylation is 1. The molecule has 0 aliphatic carbocycles. The van der Waals surface area contributed by atoms with Crippen LogP contribution < -0.4 is 10.2 Å². The van der Waals surface area contributed by atoms with E-state index < -0.39 is 0 Å². The largest absolute Gasteiger partial charge is 0.338 e. The molecule has 1 fully saturated rings. The predicted octanol–water partition coefficient (Wildman–Crippen LogP) is 0.530. The third-order valence-electron chi connectivity index (χ3n) is 3.72. The van der Waals surface area contributed by atoms with Crippen molar-refractivity contribution in [1.82, 2.24) is 30.3 Å². The zero-order valence-electron chi connectivity index (χ0n) is 11.5. The molecule has 21 heavy (non-hydrogen) atoms. The predicted molar refractivity (Wildman–Crippen MR) is 75.9 cm³/mol. The number of aromatic nitrogens is 5. The van der Waals surface area contributed by atoms with Gasteiger partial charge in [0.2, 0.25) is 5.95 Å². The molecule has 0 saturated carbocycles. The van der Waals surface area contributed by atoms with E-state index in [2.05, 4.69) is 30.7 Å². The first-order chi connectivity index (χ1) is 10.2. The topological polar surface area (TPSA) is 71.2 Å². The van der Waals surface area contributed by atoms with E-state index in [1.165, 1.54) is 6.07 Å². The third kappa shape index (κ3) is 1.90. The molecule has 1 aliphatic rings. The summed E-state index contributed by atoms with van der Waals surface area (Å²) in [4.78, 5) is 6.55. The van der Waals surface area contributed by atoms with Gasteiger partial charge >= 0.3 is 0 Å². The quantitative estimate of drug-likeness (QED) is 0.704. The average Bonchev–Trinajstić information content (AvgIpc) is 2.97. The van der Waals surface area contributed by atoms with Crippen LogP contribution >= 0.6 is 0 Å². The maximum atomic E-state index is 14.3. The van der Waals surface area contributed by atoms with Crippen molar-refractivity contribution >= 4 is 22.5 Å². The fourth-order valence-corrected chi connectivity index (χ4v) is 2.73. The van der Waals surface area contributed by atoms with Gasteiger partial charge in [0.1, 0.15) is 11.3 Å². The minimum atomic E-state index is -0.341. The van der Waals surface area contributed by atoms with E-state index in [0.29, 0.717) is 22.5 Å². The maximum Gasteiger partial charge on any atom is 0.230 e. The second-order valence-corrected chi connectivity index (χ2v) is 5.21. The number of fused-ring (bicyclic) bond motifs is 3. The van der Waals surface area contributed by atoms with Crippen molar-refractivity contribution in [2.45, 2.75) is 6.92 Å². The molecule has 2 aromatic heterocycles. The second kappa shape index (κ2) is 4.59. The summed E-state index contributed by atoms with van der Waals surface area (Å²) in [5, 5.41) is 15.7. The molecular formula is C13H14FN7. The third-order valence-corrected chi connectivity index (χ3v) is 3.72. The molecule has 0 unspecified atom stereocenters. The molecule has 0 atom stereocenters. The average molecular weight is 287 g/mol. The molecule has 0 amide bonds. The zero-order valence-corrected chi connectivity index (χ0v) is 11.5. The minimum Gasteiger partial charge on any atom is -0.338 e. The molecule has 3 aromatic rings. The summed E-state index contributed by atoms with van der Waals surface area (Å²) in [6.07, 6.45) is 0. The summed E-state index contributed by atoms with van der Waals surface area (Å²) in [6.45, 7) is 5.15. The number of nitrogens with one attached hydrogen (secondary N) is 1. The van der Waals surface area contributed by atoms with Crippen LogP contribution in [0.5, 0.6) is 0 Å². The number of nitrogens with zero attached hydrogens (tertiary/aromatic N) is 6. The Labute approximate surface area is 119 Å². The van der Waals surface area contributed by atoms with Crippen LogP contribution in [0.2, 0.25) is 0 Å². The van der Waals surface area contributed by atoms with E-state index in [1.807, 2.05) is 13.0 Å². The number of piperazine rings is 1. The van der Waals surface area contributed by atoms with E-state index in [0.717, 1.165) is 31.7 Å². The Hall–Kier alpha value is -2.35. The molecule has 1 saturated heterocycles. The Morgan fingerprint density at radius 2 is 2.05 bits per heavy atom. The summed E-state index contributed by atoms with van der Waals surface area (Å²) >= 11 is 0. The Balaban J connectivity index is 2.03. The van der Waals surface area contributed by atoms with Gasteiger partial charge in [-0.3, -0.25) is 0 Å². The van der Waals surface area contributed by atoms with Crippen molar-refractivity contribution in [3.05, 3.63) is 23.5 Å². The van der Waals surface area contributed by atoms with Gasteiger partial charge in [-0.25, -0.2) is 9.37 Å². The SMILES string of the molecule is Cc1cc(F)c2nc(N3CCNCC3)n3nnnc3c2c1. The summed E-state index contributed by atoms with van der Waals surface area (Å²) in [5.41, 5.74) is 1.68. The zero-order chi connectivity index (χ0) is 14.4. The maximum absolute atomic E-state index is 14.3. The van der Waals surface area contributed by atoms with Gasteiger partial charge in [-0.2, -0.15) is 4.52 Å². The number of benzene rings is 1. The van der Waals surface area contributed by atoms with Gasteiger partial charge < -0.3 is 10.2 Å². The van der Waals surface area contributed by atoms with Crippen LogP contribution in [0.3, 0.4) is 0 Å². The molecule has 0 radical (unpaired) electrons. The molecule has 0 bridgehead atoms. The van der Waals surface area contributed by atoms with E-state index >= 15 is 0 Å². The fourth-order valence-electron chi connectivity index (χ4n) is 2.73. The molecule has 1 N–H and O–H groups in total. The normalized spacial score (nSPS) is 16.0. The molecule has 1 aliphatic heterocycles. The van der Waals surface area contributed by atoms with Gasteiger partial charge in [-0.15, -0.1) is 5.10 Å². The lowest BCUT2D eigenvalue weighted by Gasteiger charge is -2.28. The number of rotatable bonds is 1. The lowest BCUT2D eigenvalue weighted by molar-refractivity contribution is 0.572. The van der Waals surface area contributed by atoms with E-state index in [4.69, 9.17) is 0 Å². The van der Waals surface area contributed by atoms with Crippen molar-refractivity contribution in [3.8, 4) is 0 Å². The van der Waals surface area contributed by atoms with Crippen LogP contribution in [-0.4, -0.2) is 51.2 Å². The monoisotopic (exact) mass is 287 g/mol. The lowest BCUT2D eigenvalue weighted by atomic mass is 10.1. The second-order valence-electron chi connectivity index (χ2n) is 5.21. The minimum absolute atomic E-state index is 0.316. The fraction of sp³-hybridized carbons (Fsp3) is 0.385. The first kappa shape index (κ1) is 12.4.